The molecule has 4 heteroatoms. The van der Waals surface area contributed by atoms with Crippen LogP contribution in [0, 0.1) is 0 Å². The lowest BCUT2D eigenvalue weighted by Gasteiger charge is -2.25. The van der Waals surface area contributed by atoms with Crippen LogP contribution in [0.3, 0.4) is 0 Å². The van der Waals surface area contributed by atoms with Crippen molar-refractivity contribution in [3.63, 3.8) is 0 Å². The molecule has 1 aromatic heterocycles. The van der Waals surface area contributed by atoms with Crippen LogP contribution >= 0.6 is 0 Å². The third-order valence-corrected chi connectivity index (χ3v) is 4.15. The van der Waals surface area contributed by atoms with Crippen LogP contribution in [0.25, 0.3) is 10.9 Å². The topological polar surface area (TPSA) is 65.1 Å². The number of aromatic carboxylic acids is 1. The first-order chi connectivity index (χ1) is 9.70. The molecule has 0 saturated carbocycles. The number of aromatic amines is 1. The summed E-state index contributed by atoms with van der Waals surface area (Å²) in [6.07, 6.45) is 6.12. The van der Waals surface area contributed by atoms with Gasteiger partial charge < -0.3 is 15.4 Å². The van der Waals surface area contributed by atoms with Gasteiger partial charge in [0.2, 0.25) is 0 Å². The molecule has 1 atom stereocenters. The number of unbranched alkanes of at least 4 members (excludes halogenated alkanes) is 1. The third kappa shape index (κ3) is 2.20. The van der Waals surface area contributed by atoms with Gasteiger partial charge in [0.15, 0.2) is 0 Å². The van der Waals surface area contributed by atoms with E-state index in [0.29, 0.717) is 11.6 Å². The van der Waals surface area contributed by atoms with Gasteiger partial charge in [0.25, 0.3) is 0 Å². The molecule has 4 nitrogen and oxygen atoms in total. The molecule has 1 aliphatic rings. The van der Waals surface area contributed by atoms with Crippen molar-refractivity contribution in [3.8, 4) is 0 Å². The summed E-state index contributed by atoms with van der Waals surface area (Å²) in [6, 6.07) is 3.93. The highest BCUT2D eigenvalue weighted by atomic mass is 16.4. The van der Waals surface area contributed by atoms with Gasteiger partial charge >= 0.3 is 5.97 Å². The standard InChI is InChI=1S/C16H20N2O2/c1-2-3-6-17-11-7-10-9-18-14-5-4-12(16(19)20)13(8-11)15(10)14/h4-5,9,11,17-18H,2-3,6-8H2,1H3,(H,19,20). The number of aromatic nitrogens is 1. The van der Waals surface area contributed by atoms with E-state index >= 15 is 0 Å². The molecule has 106 valence electrons. The van der Waals surface area contributed by atoms with Crippen LogP contribution < -0.4 is 5.32 Å². The van der Waals surface area contributed by atoms with Crippen molar-refractivity contribution in [3.05, 3.63) is 35.0 Å². The smallest absolute Gasteiger partial charge is 0.335 e. The predicted molar refractivity (Wildman–Crippen MR) is 79.4 cm³/mol. The van der Waals surface area contributed by atoms with Crippen molar-refractivity contribution >= 4 is 16.9 Å². The Labute approximate surface area is 118 Å². The largest absolute Gasteiger partial charge is 0.478 e. The molecule has 3 N–H and O–H groups in total. The maximum atomic E-state index is 11.4. The second-order valence-corrected chi connectivity index (χ2v) is 5.55. The number of benzene rings is 1. The van der Waals surface area contributed by atoms with E-state index in [-0.39, 0.29) is 0 Å². The fourth-order valence-corrected chi connectivity index (χ4v) is 3.16. The highest BCUT2D eigenvalue weighted by molar-refractivity contribution is 5.98. The predicted octanol–water partition coefficient (Wildman–Crippen LogP) is 2.72. The number of rotatable bonds is 5. The number of carbonyl (C=O) groups is 1. The molecule has 20 heavy (non-hydrogen) atoms. The Hall–Kier alpha value is -1.81. The van der Waals surface area contributed by atoms with Crippen molar-refractivity contribution in [2.75, 3.05) is 6.54 Å². The van der Waals surface area contributed by atoms with Crippen LogP contribution in [-0.2, 0) is 12.8 Å². The monoisotopic (exact) mass is 272 g/mol. The highest BCUT2D eigenvalue weighted by Gasteiger charge is 2.25. The average molecular weight is 272 g/mol. The van der Waals surface area contributed by atoms with E-state index in [1.54, 1.807) is 6.07 Å². The Kier molecular flexibility index (Phi) is 3.49. The molecule has 1 unspecified atom stereocenters. The van der Waals surface area contributed by atoms with Gasteiger partial charge in [-0.25, -0.2) is 4.79 Å². The summed E-state index contributed by atoms with van der Waals surface area (Å²) in [4.78, 5) is 14.7. The van der Waals surface area contributed by atoms with Gasteiger partial charge in [0.1, 0.15) is 0 Å². The van der Waals surface area contributed by atoms with Gasteiger partial charge in [-0.2, -0.15) is 0 Å². The fourth-order valence-electron chi connectivity index (χ4n) is 3.16. The lowest BCUT2D eigenvalue weighted by molar-refractivity contribution is 0.0695. The highest BCUT2D eigenvalue weighted by Crippen LogP contribution is 2.32. The van der Waals surface area contributed by atoms with Crippen LogP contribution in [0.4, 0.5) is 0 Å². The van der Waals surface area contributed by atoms with Crippen molar-refractivity contribution in [1.29, 1.82) is 0 Å². The Balaban J connectivity index is 1.95. The number of hydrogen-bond acceptors (Lipinski definition) is 2. The van der Waals surface area contributed by atoms with Crippen LogP contribution in [0.1, 0.15) is 41.3 Å². The zero-order valence-electron chi connectivity index (χ0n) is 11.7. The molecular formula is C16H20N2O2. The molecule has 0 radical (unpaired) electrons. The van der Waals surface area contributed by atoms with Crippen molar-refractivity contribution < 1.29 is 9.90 Å². The molecule has 3 rings (SSSR count). The summed E-state index contributed by atoms with van der Waals surface area (Å²) >= 11 is 0. The van der Waals surface area contributed by atoms with E-state index in [9.17, 15) is 9.90 Å². The molecule has 2 aromatic rings. The summed E-state index contributed by atoms with van der Waals surface area (Å²) < 4.78 is 0. The number of hydrogen-bond donors (Lipinski definition) is 3. The van der Waals surface area contributed by atoms with Crippen LogP contribution in [0.15, 0.2) is 18.3 Å². The minimum atomic E-state index is -0.830. The fraction of sp³-hybridized carbons (Fsp3) is 0.438. The first-order valence-electron chi connectivity index (χ1n) is 7.29. The summed E-state index contributed by atoms with van der Waals surface area (Å²) in [5.74, 6) is -0.830. The number of carboxylic acid groups (broad SMARTS) is 1. The van der Waals surface area contributed by atoms with Gasteiger partial charge in [0, 0.05) is 23.1 Å². The maximum absolute atomic E-state index is 11.4. The molecule has 0 aliphatic heterocycles. The van der Waals surface area contributed by atoms with Crippen LogP contribution in [0.5, 0.6) is 0 Å². The molecule has 0 saturated heterocycles. The van der Waals surface area contributed by atoms with Crippen molar-refractivity contribution in [1.82, 2.24) is 10.3 Å². The molecule has 0 amide bonds. The Morgan fingerprint density at radius 2 is 2.30 bits per heavy atom. The van der Waals surface area contributed by atoms with E-state index < -0.39 is 5.97 Å². The third-order valence-electron chi connectivity index (χ3n) is 4.15. The zero-order valence-corrected chi connectivity index (χ0v) is 11.7. The lowest BCUT2D eigenvalue weighted by Crippen LogP contribution is -2.36. The first-order valence-corrected chi connectivity index (χ1v) is 7.29. The Morgan fingerprint density at radius 1 is 1.45 bits per heavy atom. The second-order valence-electron chi connectivity index (χ2n) is 5.55. The summed E-state index contributed by atoms with van der Waals surface area (Å²) in [5, 5.41) is 14.1. The van der Waals surface area contributed by atoms with Crippen LogP contribution in [0.2, 0.25) is 0 Å². The van der Waals surface area contributed by atoms with Gasteiger partial charge in [0.05, 0.1) is 5.56 Å². The molecule has 1 aromatic carbocycles. The SMILES string of the molecule is CCCCNC1Cc2c[nH]c3ccc(C(=O)O)c(c23)C1. The maximum Gasteiger partial charge on any atom is 0.335 e. The Bertz CT molecular complexity index is 645. The number of carboxylic acids is 1. The minimum Gasteiger partial charge on any atom is -0.478 e. The molecule has 0 fully saturated rings. The van der Waals surface area contributed by atoms with Crippen molar-refractivity contribution in [2.24, 2.45) is 0 Å². The van der Waals surface area contributed by atoms with E-state index in [1.165, 1.54) is 12.0 Å². The second kappa shape index (κ2) is 5.29. The average Bonchev–Trinajstić information content (AvgIpc) is 2.84. The minimum absolute atomic E-state index is 0.341. The number of nitrogens with one attached hydrogen (secondary N) is 2. The molecule has 0 bridgehead atoms. The molecule has 1 heterocycles. The number of H-pyrrole nitrogens is 1. The Morgan fingerprint density at radius 3 is 3.05 bits per heavy atom. The van der Waals surface area contributed by atoms with Crippen LogP contribution in [-0.4, -0.2) is 28.6 Å². The normalized spacial score (nSPS) is 17.6. The van der Waals surface area contributed by atoms with Gasteiger partial charge in [-0.1, -0.05) is 13.3 Å². The van der Waals surface area contributed by atoms with Gasteiger partial charge in [-0.05, 0) is 49.1 Å². The van der Waals surface area contributed by atoms with Crippen molar-refractivity contribution in [2.45, 2.75) is 38.6 Å². The van der Waals surface area contributed by atoms with E-state index in [1.807, 2.05) is 12.3 Å². The van der Waals surface area contributed by atoms with Gasteiger partial charge in [-0.3, -0.25) is 0 Å². The molecule has 1 aliphatic carbocycles. The molecule has 0 spiro atoms. The summed E-state index contributed by atoms with van der Waals surface area (Å²) in [5.41, 5.74) is 3.71. The van der Waals surface area contributed by atoms with Gasteiger partial charge in [-0.15, -0.1) is 0 Å². The molecular weight excluding hydrogens is 252 g/mol. The quantitative estimate of drug-likeness (QED) is 0.733. The van der Waals surface area contributed by atoms with E-state index in [2.05, 4.69) is 17.2 Å². The lowest BCUT2D eigenvalue weighted by atomic mass is 9.86. The first kappa shape index (κ1) is 13.2. The summed E-state index contributed by atoms with van der Waals surface area (Å²) in [7, 11) is 0. The van der Waals surface area contributed by atoms with E-state index in [4.69, 9.17) is 0 Å². The van der Waals surface area contributed by atoms with E-state index in [0.717, 1.165) is 42.3 Å². The zero-order chi connectivity index (χ0) is 14.1. The summed E-state index contributed by atoms with van der Waals surface area (Å²) in [6.45, 7) is 3.18.